The summed E-state index contributed by atoms with van der Waals surface area (Å²) < 4.78 is 25.3. The zero-order valence-corrected chi connectivity index (χ0v) is 14.7. The normalized spacial score (nSPS) is 12.1. The lowest BCUT2D eigenvalue weighted by atomic mass is 10.1. The zero-order chi connectivity index (χ0) is 18.3. The molecule has 3 N–H and O–H groups in total. The van der Waals surface area contributed by atoms with Crippen molar-refractivity contribution in [2.24, 2.45) is 0 Å². The van der Waals surface area contributed by atoms with E-state index in [1.165, 1.54) is 6.26 Å². The molecule has 0 bridgehead atoms. The Balaban J connectivity index is 1.83. The van der Waals surface area contributed by atoms with E-state index in [4.69, 9.17) is 5.11 Å². The number of hydrogen-bond acceptors (Lipinski definition) is 7. The summed E-state index contributed by atoms with van der Waals surface area (Å²) >= 11 is 0. The standard InChI is InChI=1S/C16H16N6O3S/c1-26(24,25)11-2-3-14-12(6-11)13-8-17-21-15(13)16(20-14)19-10-7-18-22(9-10)4-5-23/h2-3,6-9,23H,4-5H2,1H3,(H,17,21)(H,19,20). The number of benzene rings is 1. The average molecular weight is 372 g/mol. The number of fused-ring (bicyclic) bond motifs is 3. The summed E-state index contributed by atoms with van der Waals surface area (Å²) in [7, 11) is -3.31. The first kappa shape index (κ1) is 16.5. The van der Waals surface area contributed by atoms with Gasteiger partial charge in [0.25, 0.3) is 0 Å². The molecule has 134 valence electrons. The van der Waals surface area contributed by atoms with E-state index in [2.05, 4.69) is 25.6 Å². The van der Waals surface area contributed by atoms with Gasteiger partial charge in [-0.3, -0.25) is 9.78 Å². The molecule has 0 radical (unpaired) electrons. The molecule has 0 aliphatic rings. The number of aromatic nitrogens is 5. The molecular formula is C16H16N6O3S. The van der Waals surface area contributed by atoms with Crippen molar-refractivity contribution in [1.82, 2.24) is 25.0 Å². The lowest BCUT2D eigenvalue weighted by Crippen LogP contribution is -2.01. The fraction of sp³-hybridized carbons (Fsp3) is 0.188. The first-order chi connectivity index (χ1) is 12.5. The van der Waals surface area contributed by atoms with Gasteiger partial charge in [0, 0.05) is 23.2 Å². The second-order valence-corrected chi connectivity index (χ2v) is 7.93. The fourth-order valence-corrected chi connectivity index (χ4v) is 3.43. The third-order valence-electron chi connectivity index (χ3n) is 4.02. The molecule has 3 heterocycles. The molecular weight excluding hydrogens is 356 g/mol. The highest BCUT2D eigenvalue weighted by Gasteiger charge is 2.14. The third-order valence-corrected chi connectivity index (χ3v) is 5.13. The van der Waals surface area contributed by atoms with Crippen molar-refractivity contribution in [2.45, 2.75) is 11.4 Å². The number of nitrogens with zero attached hydrogens (tertiary/aromatic N) is 4. The first-order valence-electron chi connectivity index (χ1n) is 7.83. The minimum absolute atomic E-state index is 0.00279. The molecule has 1 aromatic carbocycles. The number of hydrogen-bond donors (Lipinski definition) is 3. The minimum Gasteiger partial charge on any atom is -0.394 e. The maximum atomic E-state index is 11.8. The van der Waals surface area contributed by atoms with Crippen LogP contribution in [0.1, 0.15) is 0 Å². The van der Waals surface area contributed by atoms with Gasteiger partial charge in [-0.1, -0.05) is 0 Å². The summed E-state index contributed by atoms with van der Waals surface area (Å²) in [5.74, 6) is 0.556. The Morgan fingerprint density at radius 1 is 1.27 bits per heavy atom. The van der Waals surface area contributed by atoms with E-state index >= 15 is 0 Å². The van der Waals surface area contributed by atoms with E-state index in [0.717, 1.165) is 5.39 Å². The van der Waals surface area contributed by atoms with Crippen LogP contribution in [0.2, 0.25) is 0 Å². The number of aliphatic hydroxyl groups excluding tert-OH is 1. The minimum atomic E-state index is -3.31. The number of rotatable bonds is 5. The van der Waals surface area contributed by atoms with Crippen LogP contribution in [-0.4, -0.2) is 51.3 Å². The van der Waals surface area contributed by atoms with E-state index in [0.29, 0.717) is 34.5 Å². The van der Waals surface area contributed by atoms with Gasteiger partial charge in [-0.2, -0.15) is 10.2 Å². The number of pyridine rings is 1. The largest absolute Gasteiger partial charge is 0.394 e. The number of H-pyrrole nitrogens is 1. The highest BCUT2D eigenvalue weighted by molar-refractivity contribution is 7.90. The third kappa shape index (κ3) is 2.89. The van der Waals surface area contributed by atoms with Crippen LogP contribution in [0.5, 0.6) is 0 Å². The van der Waals surface area contributed by atoms with Crippen molar-refractivity contribution < 1.29 is 13.5 Å². The summed E-state index contributed by atoms with van der Waals surface area (Å²) in [6.07, 6.45) is 6.22. The Hall–Kier alpha value is -2.98. The predicted octanol–water partition coefficient (Wildman–Crippen LogP) is 1.45. The van der Waals surface area contributed by atoms with Gasteiger partial charge in [-0.25, -0.2) is 13.4 Å². The van der Waals surface area contributed by atoms with Crippen LogP contribution in [0, 0.1) is 0 Å². The lowest BCUT2D eigenvalue weighted by molar-refractivity contribution is 0.269. The molecule has 10 heteroatoms. The summed E-state index contributed by atoms with van der Waals surface area (Å²) in [5.41, 5.74) is 2.03. The SMILES string of the molecule is CS(=O)(=O)c1ccc2nc(Nc3cnn(CCO)c3)c3[nH]ncc3c2c1. The molecule has 0 fully saturated rings. The van der Waals surface area contributed by atoms with Crippen LogP contribution < -0.4 is 5.32 Å². The maximum absolute atomic E-state index is 11.8. The van der Waals surface area contributed by atoms with Crippen molar-refractivity contribution in [3.8, 4) is 0 Å². The molecule has 26 heavy (non-hydrogen) atoms. The van der Waals surface area contributed by atoms with E-state index in [-0.39, 0.29) is 11.5 Å². The topological polar surface area (TPSA) is 126 Å². The van der Waals surface area contributed by atoms with E-state index < -0.39 is 9.84 Å². The zero-order valence-electron chi connectivity index (χ0n) is 13.8. The second kappa shape index (κ2) is 6.07. The highest BCUT2D eigenvalue weighted by atomic mass is 32.2. The Morgan fingerprint density at radius 3 is 2.88 bits per heavy atom. The maximum Gasteiger partial charge on any atom is 0.175 e. The van der Waals surface area contributed by atoms with Crippen LogP contribution in [0.15, 0.2) is 41.7 Å². The molecule has 0 spiro atoms. The quantitative estimate of drug-likeness (QED) is 0.484. The van der Waals surface area contributed by atoms with Gasteiger partial charge in [-0.15, -0.1) is 0 Å². The van der Waals surface area contributed by atoms with Crippen LogP contribution in [-0.2, 0) is 16.4 Å². The Labute approximate surface area is 148 Å². The molecule has 0 amide bonds. The van der Waals surface area contributed by atoms with E-state index in [1.54, 1.807) is 41.5 Å². The lowest BCUT2D eigenvalue weighted by Gasteiger charge is -2.08. The van der Waals surface area contributed by atoms with Gasteiger partial charge in [0.15, 0.2) is 15.7 Å². The molecule has 0 unspecified atom stereocenters. The number of aromatic amines is 1. The first-order valence-corrected chi connectivity index (χ1v) is 9.72. The molecule has 0 atom stereocenters. The van der Waals surface area contributed by atoms with Gasteiger partial charge >= 0.3 is 0 Å². The van der Waals surface area contributed by atoms with Gasteiger partial charge in [0.05, 0.1) is 41.6 Å². The van der Waals surface area contributed by atoms with Crippen molar-refractivity contribution in [2.75, 3.05) is 18.2 Å². The van der Waals surface area contributed by atoms with Crippen molar-refractivity contribution in [3.05, 3.63) is 36.8 Å². The van der Waals surface area contributed by atoms with Crippen LogP contribution in [0.3, 0.4) is 0 Å². The Morgan fingerprint density at radius 2 is 2.12 bits per heavy atom. The van der Waals surface area contributed by atoms with Crippen molar-refractivity contribution in [1.29, 1.82) is 0 Å². The summed E-state index contributed by atoms with van der Waals surface area (Å²) in [5, 5.41) is 24.8. The number of aliphatic hydroxyl groups is 1. The molecule has 0 aliphatic carbocycles. The summed E-state index contributed by atoms with van der Waals surface area (Å²) in [4.78, 5) is 4.82. The smallest absolute Gasteiger partial charge is 0.175 e. The summed E-state index contributed by atoms with van der Waals surface area (Å²) in [6, 6.07) is 4.83. The van der Waals surface area contributed by atoms with Crippen molar-refractivity contribution >= 4 is 43.1 Å². The molecule has 9 nitrogen and oxygen atoms in total. The molecule has 0 saturated heterocycles. The summed E-state index contributed by atoms with van der Waals surface area (Å²) in [6.45, 7) is 0.406. The van der Waals surface area contributed by atoms with Crippen LogP contribution in [0.25, 0.3) is 21.8 Å². The fourth-order valence-electron chi connectivity index (χ4n) is 2.79. The molecule has 3 aromatic heterocycles. The van der Waals surface area contributed by atoms with Gasteiger partial charge in [-0.05, 0) is 18.2 Å². The second-order valence-electron chi connectivity index (χ2n) is 5.91. The van der Waals surface area contributed by atoms with Crippen LogP contribution >= 0.6 is 0 Å². The van der Waals surface area contributed by atoms with Gasteiger partial charge in [0.2, 0.25) is 0 Å². The molecule has 0 saturated carbocycles. The number of nitrogens with one attached hydrogen (secondary N) is 2. The van der Waals surface area contributed by atoms with E-state index in [9.17, 15) is 8.42 Å². The Kier molecular flexibility index (Phi) is 3.85. The predicted molar refractivity (Wildman–Crippen MR) is 97.1 cm³/mol. The highest BCUT2D eigenvalue weighted by Crippen LogP contribution is 2.30. The molecule has 0 aliphatic heterocycles. The van der Waals surface area contributed by atoms with Crippen molar-refractivity contribution in [3.63, 3.8) is 0 Å². The van der Waals surface area contributed by atoms with E-state index in [1.807, 2.05) is 0 Å². The average Bonchev–Trinajstić information content (AvgIpc) is 3.24. The monoisotopic (exact) mass is 372 g/mol. The Bertz CT molecular complexity index is 1210. The molecule has 4 rings (SSSR count). The van der Waals surface area contributed by atoms with Crippen LogP contribution in [0.4, 0.5) is 11.5 Å². The number of anilines is 2. The van der Waals surface area contributed by atoms with Gasteiger partial charge in [0.1, 0.15) is 5.52 Å². The van der Waals surface area contributed by atoms with Gasteiger partial charge < -0.3 is 10.4 Å². The molecule has 4 aromatic rings. The number of sulfone groups is 1.